The monoisotopic (exact) mass is 501 g/mol. The van der Waals surface area contributed by atoms with Crippen LogP contribution in [0.5, 0.6) is 11.5 Å². The van der Waals surface area contributed by atoms with Crippen LogP contribution in [-0.2, 0) is 4.79 Å². The van der Waals surface area contributed by atoms with E-state index in [1.54, 1.807) is 6.21 Å². The molecular formula is C21H17Br2N3O2. The van der Waals surface area contributed by atoms with Crippen LogP contribution in [0.3, 0.4) is 0 Å². The van der Waals surface area contributed by atoms with Crippen LogP contribution in [0.25, 0.3) is 0 Å². The van der Waals surface area contributed by atoms with Gasteiger partial charge in [0.05, 0.1) is 12.8 Å². The first-order valence-corrected chi connectivity index (χ1v) is 10.0. The standard InChI is InChI=1S/C21H17Br2N3O2/c22-16-9-10-20(19(23)12-16)24-14-21(27)26-25-13-15-5-4-8-18(11-15)28-17-6-2-1-3-7-17/h1-13,24H,14H2,(H,26,27)/b25-13-. The SMILES string of the molecule is O=C(CNc1ccc(Br)cc1Br)N/N=C\c1cccc(Oc2ccccc2)c1. The molecule has 2 N–H and O–H groups in total. The third kappa shape index (κ3) is 6.21. The van der Waals surface area contributed by atoms with Crippen LogP contribution in [0.15, 0.2) is 86.8 Å². The van der Waals surface area contributed by atoms with Gasteiger partial charge < -0.3 is 10.1 Å². The number of ether oxygens (including phenoxy) is 1. The van der Waals surface area contributed by atoms with E-state index in [-0.39, 0.29) is 12.5 Å². The van der Waals surface area contributed by atoms with Crippen LogP contribution in [0, 0.1) is 0 Å². The summed E-state index contributed by atoms with van der Waals surface area (Å²) in [6, 6.07) is 22.7. The number of rotatable bonds is 7. The van der Waals surface area contributed by atoms with Gasteiger partial charge in [-0.1, -0.05) is 46.3 Å². The topological polar surface area (TPSA) is 62.7 Å². The summed E-state index contributed by atoms with van der Waals surface area (Å²) in [5.74, 6) is 1.21. The maximum atomic E-state index is 12.0. The summed E-state index contributed by atoms with van der Waals surface area (Å²) in [6.45, 7) is 0.106. The van der Waals surface area contributed by atoms with Crippen molar-refractivity contribution in [1.29, 1.82) is 0 Å². The van der Waals surface area contributed by atoms with Crippen molar-refractivity contribution < 1.29 is 9.53 Å². The maximum absolute atomic E-state index is 12.0. The Hall–Kier alpha value is -2.64. The number of anilines is 1. The van der Waals surface area contributed by atoms with E-state index < -0.39 is 0 Å². The normalized spacial score (nSPS) is 10.6. The fraction of sp³-hybridized carbons (Fsp3) is 0.0476. The van der Waals surface area contributed by atoms with Crippen molar-refractivity contribution in [2.45, 2.75) is 0 Å². The van der Waals surface area contributed by atoms with Crippen LogP contribution in [0.2, 0.25) is 0 Å². The molecule has 0 bridgehead atoms. The van der Waals surface area contributed by atoms with E-state index in [0.717, 1.165) is 25.9 Å². The highest BCUT2D eigenvalue weighted by Gasteiger charge is 2.03. The van der Waals surface area contributed by atoms with Gasteiger partial charge >= 0.3 is 0 Å². The summed E-state index contributed by atoms with van der Waals surface area (Å²) < 4.78 is 7.61. The molecule has 0 spiro atoms. The Morgan fingerprint density at radius 3 is 2.54 bits per heavy atom. The lowest BCUT2D eigenvalue weighted by molar-refractivity contribution is -0.119. The first-order chi connectivity index (χ1) is 13.6. The molecule has 0 heterocycles. The van der Waals surface area contributed by atoms with E-state index in [9.17, 15) is 4.79 Å². The number of nitrogens with zero attached hydrogens (tertiary/aromatic N) is 1. The van der Waals surface area contributed by atoms with Crippen molar-refractivity contribution in [2.75, 3.05) is 11.9 Å². The highest BCUT2D eigenvalue weighted by molar-refractivity contribution is 9.11. The number of carbonyl (C=O) groups excluding carboxylic acids is 1. The largest absolute Gasteiger partial charge is 0.457 e. The maximum Gasteiger partial charge on any atom is 0.259 e. The summed E-state index contributed by atoms with van der Waals surface area (Å²) in [5, 5.41) is 7.05. The Morgan fingerprint density at radius 2 is 1.75 bits per heavy atom. The van der Waals surface area contributed by atoms with Gasteiger partial charge in [0.1, 0.15) is 11.5 Å². The van der Waals surface area contributed by atoms with E-state index in [4.69, 9.17) is 4.74 Å². The quantitative estimate of drug-likeness (QED) is 0.328. The molecule has 0 fully saturated rings. The highest BCUT2D eigenvalue weighted by Crippen LogP contribution is 2.26. The number of carbonyl (C=O) groups is 1. The van der Waals surface area contributed by atoms with Gasteiger partial charge in [0.2, 0.25) is 0 Å². The van der Waals surface area contributed by atoms with Crippen LogP contribution < -0.4 is 15.5 Å². The molecule has 28 heavy (non-hydrogen) atoms. The van der Waals surface area contributed by atoms with Gasteiger partial charge in [0.25, 0.3) is 5.91 Å². The van der Waals surface area contributed by atoms with Gasteiger partial charge in [-0.25, -0.2) is 5.43 Å². The minimum atomic E-state index is -0.247. The lowest BCUT2D eigenvalue weighted by atomic mass is 10.2. The molecule has 0 aliphatic heterocycles. The van der Waals surface area contributed by atoms with Gasteiger partial charge in [-0.15, -0.1) is 0 Å². The summed E-state index contributed by atoms with van der Waals surface area (Å²) in [7, 11) is 0. The smallest absolute Gasteiger partial charge is 0.259 e. The minimum Gasteiger partial charge on any atom is -0.457 e. The second-order valence-corrected chi connectivity index (χ2v) is 7.53. The van der Waals surface area contributed by atoms with Crippen LogP contribution >= 0.6 is 31.9 Å². The van der Waals surface area contributed by atoms with Gasteiger partial charge in [0, 0.05) is 14.6 Å². The van der Waals surface area contributed by atoms with Crippen molar-refractivity contribution in [1.82, 2.24) is 5.43 Å². The third-order valence-corrected chi connectivity index (χ3v) is 4.76. The number of hydrogen-bond donors (Lipinski definition) is 2. The van der Waals surface area contributed by atoms with E-state index in [1.807, 2.05) is 72.8 Å². The van der Waals surface area contributed by atoms with Crippen molar-refractivity contribution in [3.05, 3.63) is 87.3 Å². The van der Waals surface area contributed by atoms with Gasteiger partial charge in [-0.05, 0) is 64.0 Å². The molecule has 0 aliphatic rings. The summed E-state index contributed by atoms with van der Waals surface area (Å²) in [6.07, 6.45) is 1.57. The summed E-state index contributed by atoms with van der Waals surface area (Å²) in [4.78, 5) is 12.0. The Labute approximate surface area is 180 Å². The minimum absolute atomic E-state index is 0.106. The van der Waals surface area contributed by atoms with Gasteiger partial charge in [-0.3, -0.25) is 4.79 Å². The second-order valence-electron chi connectivity index (χ2n) is 5.76. The number of benzene rings is 3. The number of amides is 1. The number of nitrogens with one attached hydrogen (secondary N) is 2. The first kappa shape index (κ1) is 20.1. The number of hydrogen-bond acceptors (Lipinski definition) is 4. The average molecular weight is 503 g/mol. The first-order valence-electron chi connectivity index (χ1n) is 8.44. The molecule has 3 aromatic carbocycles. The molecule has 0 atom stereocenters. The Morgan fingerprint density at radius 1 is 0.964 bits per heavy atom. The zero-order chi connectivity index (χ0) is 19.8. The lowest BCUT2D eigenvalue weighted by Crippen LogP contribution is -2.26. The molecule has 5 nitrogen and oxygen atoms in total. The van der Waals surface area contributed by atoms with Gasteiger partial charge in [0.15, 0.2) is 0 Å². The number of halogens is 2. The molecule has 0 unspecified atom stereocenters. The summed E-state index contributed by atoms with van der Waals surface area (Å²) >= 11 is 6.84. The lowest BCUT2D eigenvalue weighted by Gasteiger charge is -2.08. The van der Waals surface area contributed by atoms with Crippen LogP contribution in [0.4, 0.5) is 5.69 Å². The molecular weight excluding hydrogens is 486 g/mol. The van der Waals surface area contributed by atoms with Gasteiger partial charge in [-0.2, -0.15) is 5.10 Å². The predicted octanol–water partition coefficient (Wildman–Crippen LogP) is 5.57. The van der Waals surface area contributed by atoms with Crippen LogP contribution in [-0.4, -0.2) is 18.7 Å². The predicted molar refractivity (Wildman–Crippen MR) is 119 cm³/mol. The van der Waals surface area contributed by atoms with E-state index >= 15 is 0 Å². The Kier molecular flexibility index (Phi) is 7.22. The molecule has 7 heteroatoms. The molecule has 1 amide bonds. The molecule has 0 saturated carbocycles. The fourth-order valence-corrected chi connectivity index (χ4v) is 3.50. The Balaban J connectivity index is 1.51. The van der Waals surface area contributed by atoms with Crippen LogP contribution in [0.1, 0.15) is 5.56 Å². The number of para-hydroxylation sites is 1. The molecule has 3 aromatic rings. The van der Waals surface area contributed by atoms with E-state index in [2.05, 4.69) is 47.7 Å². The molecule has 0 saturated heterocycles. The average Bonchev–Trinajstić information content (AvgIpc) is 2.68. The zero-order valence-electron chi connectivity index (χ0n) is 14.7. The molecule has 142 valence electrons. The Bertz CT molecular complexity index is 978. The molecule has 0 aliphatic carbocycles. The number of hydrazone groups is 1. The fourth-order valence-electron chi connectivity index (χ4n) is 2.31. The van der Waals surface area contributed by atoms with Crippen molar-refractivity contribution in [3.63, 3.8) is 0 Å². The molecule has 0 aromatic heterocycles. The highest BCUT2D eigenvalue weighted by atomic mass is 79.9. The second kappa shape index (κ2) is 10.1. The molecule has 0 radical (unpaired) electrons. The van der Waals surface area contributed by atoms with E-state index in [1.165, 1.54) is 0 Å². The van der Waals surface area contributed by atoms with Crippen molar-refractivity contribution in [3.8, 4) is 11.5 Å². The zero-order valence-corrected chi connectivity index (χ0v) is 17.9. The third-order valence-electron chi connectivity index (χ3n) is 3.61. The van der Waals surface area contributed by atoms with Crippen molar-refractivity contribution in [2.24, 2.45) is 5.10 Å². The van der Waals surface area contributed by atoms with Crippen molar-refractivity contribution >= 4 is 49.7 Å². The molecule has 3 rings (SSSR count). The summed E-state index contributed by atoms with van der Waals surface area (Å²) in [5.41, 5.74) is 4.15. The van der Waals surface area contributed by atoms with E-state index in [0.29, 0.717) is 5.75 Å².